The maximum Gasteiger partial charge on any atom is 0.248 e. The molecule has 1 saturated heterocycles. The Kier molecular flexibility index (Phi) is 4.77. The minimum atomic E-state index is -0.774. The quantitative estimate of drug-likeness (QED) is 0.816. The molecule has 0 radical (unpaired) electrons. The number of amides is 2. The van der Waals surface area contributed by atoms with Crippen LogP contribution in [0.15, 0.2) is 0 Å². The molecule has 1 heterocycles. The molecular weight excluding hydrogens is 228 g/mol. The summed E-state index contributed by atoms with van der Waals surface area (Å²) in [5.41, 5.74) is -0.774. The van der Waals surface area contributed by atoms with Crippen molar-refractivity contribution >= 4 is 11.8 Å². The molecule has 0 spiro atoms. The van der Waals surface area contributed by atoms with Crippen LogP contribution in [0.4, 0.5) is 0 Å². The van der Waals surface area contributed by atoms with E-state index in [0.29, 0.717) is 6.42 Å². The predicted molar refractivity (Wildman–Crippen MR) is 72.1 cm³/mol. The van der Waals surface area contributed by atoms with E-state index in [2.05, 4.69) is 19.2 Å². The van der Waals surface area contributed by atoms with Gasteiger partial charge >= 0.3 is 0 Å². The van der Waals surface area contributed by atoms with Crippen molar-refractivity contribution in [2.75, 3.05) is 0 Å². The number of nitrogens with zero attached hydrogens (tertiary/aromatic N) is 1. The molecule has 1 N–H and O–H groups in total. The first-order valence-corrected chi connectivity index (χ1v) is 7.03. The van der Waals surface area contributed by atoms with E-state index >= 15 is 0 Å². The zero-order valence-electron chi connectivity index (χ0n) is 12.2. The van der Waals surface area contributed by atoms with Crippen LogP contribution in [-0.2, 0) is 9.59 Å². The van der Waals surface area contributed by atoms with Crippen molar-refractivity contribution in [2.45, 2.75) is 77.9 Å². The average molecular weight is 254 g/mol. The number of carbonyl (C=O) groups is 2. The van der Waals surface area contributed by atoms with Crippen LogP contribution in [0.1, 0.15) is 60.3 Å². The molecule has 0 aliphatic carbocycles. The van der Waals surface area contributed by atoms with Gasteiger partial charge in [-0.2, -0.15) is 0 Å². The first-order chi connectivity index (χ1) is 8.38. The lowest BCUT2D eigenvalue weighted by Gasteiger charge is -2.46. The maximum atomic E-state index is 12.5. The van der Waals surface area contributed by atoms with Crippen LogP contribution in [0, 0.1) is 0 Å². The van der Waals surface area contributed by atoms with Gasteiger partial charge in [-0.1, -0.05) is 27.2 Å². The van der Waals surface area contributed by atoms with Gasteiger partial charge in [-0.05, 0) is 33.1 Å². The van der Waals surface area contributed by atoms with Gasteiger partial charge in [0, 0.05) is 6.04 Å². The summed E-state index contributed by atoms with van der Waals surface area (Å²) in [6, 6.07) is -0.125. The first-order valence-electron chi connectivity index (χ1n) is 7.03. The van der Waals surface area contributed by atoms with Gasteiger partial charge in [-0.25, -0.2) is 0 Å². The van der Waals surface area contributed by atoms with E-state index in [1.54, 1.807) is 13.8 Å². The van der Waals surface area contributed by atoms with E-state index in [-0.39, 0.29) is 23.9 Å². The smallest absolute Gasteiger partial charge is 0.248 e. The molecule has 4 heteroatoms. The third-order valence-corrected chi connectivity index (χ3v) is 3.72. The Morgan fingerprint density at radius 3 is 2.33 bits per heavy atom. The average Bonchev–Trinajstić information content (AvgIpc) is 2.30. The van der Waals surface area contributed by atoms with Gasteiger partial charge in [0.05, 0.1) is 0 Å². The second-order valence-corrected chi connectivity index (χ2v) is 5.60. The number of rotatable bonds is 5. The molecule has 2 atom stereocenters. The van der Waals surface area contributed by atoms with Crippen LogP contribution in [0.2, 0.25) is 0 Å². The molecule has 0 aromatic rings. The Labute approximate surface area is 110 Å². The highest BCUT2D eigenvalue weighted by Gasteiger charge is 2.46. The Hall–Kier alpha value is -1.06. The summed E-state index contributed by atoms with van der Waals surface area (Å²) in [4.78, 5) is 26.5. The standard InChI is InChI=1S/C14H26N2O2/c1-6-9-10(7-2)16-11(8-3)12(17)15-14(4,5)13(16)18/h10-11H,6-9H2,1-5H3,(H,15,17). The molecule has 104 valence electrons. The predicted octanol–water partition coefficient (Wildman–Crippen LogP) is 2.08. The van der Waals surface area contributed by atoms with Crippen molar-refractivity contribution in [3.05, 3.63) is 0 Å². The van der Waals surface area contributed by atoms with E-state index in [4.69, 9.17) is 0 Å². The first kappa shape index (κ1) is 15.0. The molecule has 1 fully saturated rings. The monoisotopic (exact) mass is 254 g/mol. The fraction of sp³-hybridized carbons (Fsp3) is 0.857. The molecule has 1 aliphatic heterocycles. The van der Waals surface area contributed by atoms with Crippen molar-refractivity contribution in [1.82, 2.24) is 10.2 Å². The van der Waals surface area contributed by atoms with Crippen molar-refractivity contribution in [3.63, 3.8) is 0 Å². The topological polar surface area (TPSA) is 49.4 Å². The van der Waals surface area contributed by atoms with Crippen LogP contribution in [0.5, 0.6) is 0 Å². The van der Waals surface area contributed by atoms with E-state index < -0.39 is 5.54 Å². The maximum absolute atomic E-state index is 12.5. The van der Waals surface area contributed by atoms with E-state index in [0.717, 1.165) is 19.3 Å². The van der Waals surface area contributed by atoms with Crippen molar-refractivity contribution in [3.8, 4) is 0 Å². The number of piperazine rings is 1. The molecule has 0 aromatic heterocycles. The molecule has 0 bridgehead atoms. The summed E-state index contributed by atoms with van der Waals surface area (Å²) in [6.45, 7) is 9.72. The van der Waals surface area contributed by atoms with Gasteiger partial charge in [0.1, 0.15) is 11.6 Å². The Morgan fingerprint density at radius 1 is 1.28 bits per heavy atom. The van der Waals surface area contributed by atoms with Crippen LogP contribution >= 0.6 is 0 Å². The Bertz CT molecular complexity index is 326. The summed E-state index contributed by atoms with van der Waals surface area (Å²) in [7, 11) is 0. The van der Waals surface area contributed by atoms with Gasteiger partial charge in [0.15, 0.2) is 0 Å². The van der Waals surface area contributed by atoms with Gasteiger partial charge in [-0.3, -0.25) is 9.59 Å². The van der Waals surface area contributed by atoms with Gasteiger partial charge < -0.3 is 10.2 Å². The zero-order valence-corrected chi connectivity index (χ0v) is 12.2. The highest BCUT2D eigenvalue weighted by Crippen LogP contribution is 2.25. The normalized spacial score (nSPS) is 24.9. The molecule has 2 amide bonds. The van der Waals surface area contributed by atoms with Crippen molar-refractivity contribution in [1.29, 1.82) is 0 Å². The second-order valence-electron chi connectivity index (χ2n) is 5.60. The minimum Gasteiger partial charge on any atom is -0.340 e. The SMILES string of the molecule is CCCC(CC)N1C(=O)C(C)(C)NC(=O)C1CC. The Morgan fingerprint density at radius 2 is 1.89 bits per heavy atom. The largest absolute Gasteiger partial charge is 0.340 e. The number of hydrogen-bond acceptors (Lipinski definition) is 2. The lowest BCUT2D eigenvalue weighted by Crippen LogP contribution is -2.69. The molecular formula is C14H26N2O2. The van der Waals surface area contributed by atoms with Crippen LogP contribution in [-0.4, -0.2) is 34.3 Å². The van der Waals surface area contributed by atoms with Gasteiger partial charge in [0.25, 0.3) is 0 Å². The lowest BCUT2D eigenvalue weighted by molar-refractivity contribution is -0.156. The fourth-order valence-corrected chi connectivity index (χ4v) is 2.71. The zero-order chi connectivity index (χ0) is 13.9. The minimum absolute atomic E-state index is 0.0170. The van der Waals surface area contributed by atoms with E-state index in [1.165, 1.54) is 0 Å². The third-order valence-electron chi connectivity index (χ3n) is 3.72. The van der Waals surface area contributed by atoms with Crippen LogP contribution < -0.4 is 5.32 Å². The third kappa shape index (κ3) is 2.68. The van der Waals surface area contributed by atoms with Gasteiger partial charge in [0.2, 0.25) is 11.8 Å². The molecule has 0 saturated carbocycles. The summed E-state index contributed by atoms with van der Waals surface area (Å²) in [5.74, 6) is 0.0332. The van der Waals surface area contributed by atoms with E-state index in [1.807, 2.05) is 11.8 Å². The molecule has 1 rings (SSSR count). The van der Waals surface area contributed by atoms with Crippen molar-refractivity contribution < 1.29 is 9.59 Å². The molecule has 4 nitrogen and oxygen atoms in total. The van der Waals surface area contributed by atoms with Gasteiger partial charge in [-0.15, -0.1) is 0 Å². The van der Waals surface area contributed by atoms with Crippen LogP contribution in [0.25, 0.3) is 0 Å². The number of hydrogen-bond donors (Lipinski definition) is 1. The highest BCUT2D eigenvalue weighted by atomic mass is 16.2. The summed E-state index contributed by atoms with van der Waals surface area (Å²) >= 11 is 0. The second kappa shape index (κ2) is 5.72. The molecule has 18 heavy (non-hydrogen) atoms. The number of nitrogens with one attached hydrogen (secondary N) is 1. The summed E-state index contributed by atoms with van der Waals surface area (Å²) in [6.07, 6.45) is 3.57. The van der Waals surface area contributed by atoms with Crippen LogP contribution in [0.3, 0.4) is 0 Å². The molecule has 2 unspecified atom stereocenters. The number of carbonyl (C=O) groups excluding carboxylic acids is 2. The summed E-state index contributed by atoms with van der Waals surface area (Å²) in [5, 5.41) is 2.83. The highest BCUT2D eigenvalue weighted by molar-refractivity contribution is 5.99. The van der Waals surface area contributed by atoms with Crippen molar-refractivity contribution in [2.24, 2.45) is 0 Å². The molecule has 1 aliphatic rings. The Balaban J connectivity index is 3.06. The van der Waals surface area contributed by atoms with E-state index in [9.17, 15) is 9.59 Å². The summed E-state index contributed by atoms with van der Waals surface area (Å²) < 4.78 is 0. The molecule has 0 aromatic carbocycles. The lowest BCUT2D eigenvalue weighted by atomic mass is 9.92. The fourth-order valence-electron chi connectivity index (χ4n) is 2.71.